The molecule has 0 saturated heterocycles. The van der Waals surface area contributed by atoms with Gasteiger partial charge in [0, 0.05) is 20.6 Å². The minimum Gasteiger partial charge on any atom is -0.355 e. The quantitative estimate of drug-likeness (QED) is 0.648. The monoisotopic (exact) mass is 227 g/mol. The maximum absolute atomic E-state index is 11.5. The van der Waals surface area contributed by atoms with Gasteiger partial charge in [-0.25, -0.2) is 0 Å². The van der Waals surface area contributed by atoms with Crippen LogP contribution in [0.5, 0.6) is 0 Å². The van der Waals surface area contributed by atoms with Gasteiger partial charge in [-0.05, 0) is 25.7 Å². The van der Waals surface area contributed by atoms with Crippen LogP contribution in [0.15, 0.2) is 0 Å². The minimum atomic E-state index is -0.318. The Hall–Kier alpha value is -1.10. The van der Waals surface area contributed by atoms with E-state index in [4.69, 9.17) is 0 Å². The lowest BCUT2D eigenvalue weighted by atomic mass is 10.3. The fourth-order valence-corrected chi connectivity index (χ4v) is 1.36. The third-order valence-electron chi connectivity index (χ3n) is 2.66. The third kappa shape index (κ3) is 4.61. The molecule has 1 aliphatic rings. The zero-order valence-corrected chi connectivity index (χ0v) is 10.2. The van der Waals surface area contributed by atoms with E-state index in [-0.39, 0.29) is 24.4 Å². The summed E-state index contributed by atoms with van der Waals surface area (Å²) in [6.07, 6.45) is 2.45. The zero-order valence-electron chi connectivity index (χ0n) is 10.2. The van der Waals surface area contributed by atoms with E-state index in [0.717, 1.165) is 6.54 Å². The standard InChI is InChI=1S/C11H21N3O2/c1-8(11(16)14(2)3)12-7-10(15)13-6-9-4-5-9/h8-9,12H,4-7H2,1-3H3,(H,13,15). The lowest BCUT2D eigenvalue weighted by Gasteiger charge is -2.17. The molecule has 16 heavy (non-hydrogen) atoms. The van der Waals surface area contributed by atoms with Crippen molar-refractivity contribution in [1.29, 1.82) is 0 Å². The Kier molecular flexibility index (Phi) is 4.73. The van der Waals surface area contributed by atoms with E-state index in [1.54, 1.807) is 21.0 Å². The highest BCUT2D eigenvalue weighted by Crippen LogP contribution is 2.27. The van der Waals surface area contributed by atoms with Gasteiger partial charge in [-0.3, -0.25) is 14.9 Å². The number of carbonyl (C=O) groups excluding carboxylic acids is 2. The highest BCUT2D eigenvalue weighted by Gasteiger charge is 2.21. The van der Waals surface area contributed by atoms with Gasteiger partial charge in [-0.2, -0.15) is 0 Å². The fourth-order valence-electron chi connectivity index (χ4n) is 1.36. The molecule has 0 aromatic carbocycles. The van der Waals surface area contributed by atoms with E-state index in [9.17, 15) is 9.59 Å². The molecule has 92 valence electrons. The Balaban J connectivity index is 2.11. The van der Waals surface area contributed by atoms with Crippen molar-refractivity contribution in [1.82, 2.24) is 15.5 Å². The summed E-state index contributed by atoms with van der Waals surface area (Å²) >= 11 is 0. The second kappa shape index (κ2) is 5.84. The molecule has 0 radical (unpaired) electrons. The van der Waals surface area contributed by atoms with Crippen molar-refractivity contribution in [3.8, 4) is 0 Å². The van der Waals surface area contributed by atoms with Crippen molar-refractivity contribution in [3.63, 3.8) is 0 Å². The van der Waals surface area contributed by atoms with E-state index >= 15 is 0 Å². The summed E-state index contributed by atoms with van der Waals surface area (Å²) in [4.78, 5) is 24.4. The molecule has 1 aliphatic carbocycles. The second-order valence-electron chi connectivity index (χ2n) is 4.58. The largest absolute Gasteiger partial charge is 0.355 e. The molecule has 1 atom stereocenters. The number of amides is 2. The molecular formula is C11H21N3O2. The van der Waals surface area contributed by atoms with Gasteiger partial charge < -0.3 is 10.2 Å². The summed E-state index contributed by atoms with van der Waals surface area (Å²) in [6, 6.07) is -0.318. The van der Waals surface area contributed by atoms with E-state index < -0.39 is 0 Å². The molecule has 2 amide bonds. The van der Waals surface area contributed by atoms with Crippen LogP contribution in [-0.2, 0) is 9.59 Å². The number of rotatable bonds is 6. The molecule has 0 bridgehead atoms. The molecule has 0 heterocycles. The van der Waals surface area contributed by atoms with E-state index in [1.807, 2.05) is 0 Å². The number of nitrogens with one attached hydrogen (secondary N) is 2. The van der Waals surface area contributed by atoms with Gasteiger partial charge >= 0.3 is 0 Å². The van der Waals surface area contributed by atoms with Crippen LogP contribution in [0.25, 0.3) is 0 Å². The maximum atomic E-state index is 11.5. The van der Waals surface area contributed by atoms with Crippen LogP contribution >= 0.6 is 0 Å². The fraction of sp³-hybridized carbons (Fsp3) is 0.818. The van der Waals surface area contributed by atoms with Gasteiger partial charge in [0.25, 0.3) is 0 Å². The van der Waals surface area contributed by atoms with Gasteiger partial charge in [-0.15, -0.1) is 0 Å². The van der Waals surface area contributed by atoms with Gasteiger partial charge in [0.05, 0.1) is 12.6 Å². The average Bonchev–Trinajstić information content (AvgIpc) is 3.05. The van der Waals surface area contributed by atoms with Gasteiger partial charge in [0.1, 0.15) is 0 Å². The van der Waals surface area contributed by atoms with Crippen LogP contribution < -0.4 is 10.6 Å². The predicted octanol–water partition coefficient (Wildman–Crippen LogP) is -0.421. The summed E-state index contributed by atoms with van der Waals surface area (Å²) in [5.74, 6) is 0.630. The van der Waals surface area contributed by atoms with Crippen molar-refractivity contribution in [2.24, 2.45) is 5.92 Å². The maximum Gasteiger partial charge on any atom is 0.238 e. The lowest BCUT2D eigenvalue weighted by molar-refractivity contribution is -0.130. The molecule has 1 saturated carbocycles. The summed E-state index contributed by atoms with van der Waals surface area (Å²) in [5.41, 5.74) is 0. The van der Waals surface area contributed by atoms with Crippen molar-refractivity contribution in [3.05, 3.63) is 0 Å². The molecule has 1 fully saturated rings. The SMILES string of the molecule is CC(NCC(=O)NCC1CC1)C(=O)N(C)C. The Morgan fingerprint density at radius 3 is 2.50 bits per heavy atom. The summed E-state index contributed by atoms with van der Waals surface area (Å²) in [7, 11) is 3.40. The number of likely N-dealkylation sites (N-methyl/N-ethyl adjacent to an activating group) is 1. The molecule has 0 spiro atoms. The van der Waals surface area contributed by atoms with Crippen molar-refractivity contribution >= 4 is 11.8 Å². The summed E-state index contributed by atoms with van der Waals surface area (Å²) in [6.45, 7) is 2.74. The first kappa shape index (κ1) is 13.0. The molecule has 1 unspecified atom stereocenters. The molecule has 0 aliphatic heterocycles. The third-order valence-corrected chi connectivity index (χ3v) is 2.66. The Morgan fingerprint density at radius 1 is 1.38 bits per heavy atom. The van der Waals surface area contributed by atoms with Crippen LogP contribution in [-0.4, -0.2) is 49.9 Å². The first-order valence-corrected chi connectivity index (χ1v) is 5.72. The molecular weight excluding hydrogens is 206 g/mol. The normalized spacial score (nSPS) is 16.7. The predicted molar refractivity (Wildman–Crippen MR) is 61.9 cm³/mol. The van der Waals surface area contributed by atoms with Gasteiger partial charge in [0.2, 0.25) is 11.8 Å². The van der Waals surface area contributed by atoms with E-state index in [1.165, 1.54) is 17.7 Å². The topological polar surface area (TPSA) is 61.4 Å². The van der Waals surface area contributed by atoms with Crippen LogP contribution in [0, 0.1) is 5.92 Å². The molecule has 2 N–H and O–H groups in total. The Morgan fingerprint density at radius 2 is 2.00 bits per heavy atom. The van der Waals surface area contributed by atoms with Crippen molar-refractivity contribution in [2.75, 3.05) is 27.2 Å². The zero-order chi connectivity index (χ0) is 12.1. The summed E-state index contributed by atoms with van der Waals surface area (Å²) < 4.78 is 0. The van der Waals surface area contributed by atoms with Crippen LogP contribution in [0.2, 0.25) is 0 Å². The summed E-state index contributed by atoms with van der Waals surface area (Å²) in [5, 5.41) is 5.75. The van der Waals surface area contributed by atoms with Crippen LogP contribution in [0.1, 0.15) is 19.8 Å². The van der Waals surface area contributed by atoms with Crippen molar-refractivity contribution < 1.29 is 9.59 Å². The van der Waals surface area contributed by atoms with Crippen molar-refractivity contribution in [2.45, 2.75) is 25.8 Å². The van der Waals surface area contributed by atoms with E-state index in [2.05, 4.69) is 10.6 Å². The number of hydrogen-bond acceptors (Lipinski definition) is 3. The van der Waals surface area contributed by atoms with Crippen LogP contribution in [0.3, 0.4) is 0 Å². The molecule has 0 aromatic rings. The number of nitrogens with zero attached hydrogens (tertiary/aromatic N) is 1. The highest BCUT2D eigenvalue weighted by atomic mass is 16.2. The lowest BCUT2D eigenvalue weighted by Crippen LogP contribution is -2.45. The Labute approximate surface area is 96.6 Å². The molecule has 1 rings (SSSR count). The molecule has 0 aromatic heterocycles. The number of carbonyl (C=O) groups is 2. The number of hydrogen-bond donors (Lipinski definition) is 2. The van der Waals surface area contributed by atoms with Crippen LogP contribution in [0.4, 0.5) is 0 Å². The minimum absolute atomic E-state index is 0.0185. The highest BCUT2D eigenvalue weighted by molar-refractivity contribution is 5.83. The first-order chi connectivity index (χ1) is 7.50. The Bertz CT molecular complexity index is 262. The average molecular weight is 227 g/mol. The first-order valence-electron chi connectivity index (χ1n) is 5.72. The van der Waals surface area contributed by atoms with Gasteiger partial charge in [-0.1, -0.05) is 0 Å². The molecule has 5 heteroatoms. The smallest absolute Gasteiger partial charge is 0.238 e. The molecule has 5 nitrogen and oxygen atoms in total. The van der Waals surface area contributed by atoms with Gasteiger partial charge in [0.15, 0.2) is 0 Å². The second-order valence-corrected chi connectivity index (χ2v) is 4.58. The van der Waals surface area contributed by atoms with E-state index in [0.29, 0.717) is 5.92 Å².